The number of thioether (sulfide) groups is 1. The molecule has 0 bridgehead atoms. The highest BCUT2D eigenvalue weighted by Crippen LogP contribution is 2.26. The van der Waals surface area contributed by atoms with Crippen LogP contribution in [0, 0.1) is 5.82 Å². The SMILES string of the molecule is CC(C)(CCNC(=O)c1cccnc1SCCCc1ccc(F)cc1)c1ccccc1. The fourth-order valence-corrected chi connectivity index (χ4v) is 4.33. The van der Waals surface area contributed by atoms with Crippen LogP contribution in [-0.4, -0.2) is 23.2 Å². The lowest BCUT2D eigenvalue weighted by Gasteiger charge is -2.25. The van der Waals surface area contributed by atoms with Gasteiger partial charge in [-0.05, 0) is 65.8 Å². The number of nitrogens with one attached hydrogen (secondary N) is 1. The smallest absolute Gasteiger partial charge is 0.254 e. The molecule has 3 aromatic rings. The molecule has 162 valence electrons. The third-order valence-electron chi connectivity index (χ3n) is 5.37. The Labute approximate surface area is 188 Å². The number of rotatable bonds is 10. The highest BCUT2D eigenvalue weighted by molar-refractivity contribution is 7.99. The molecule has 1 N–H and O–H groups in total. The number of amides is 1. The number of hydrogen-bond donors (Lipinski definition) is 1. The van der Waals surface area contributed by atoms with Crippen LogP contribution in [-0.2, 0) is 11.8 Å². The van der Waals surface area contributed by atoms with E-state index in [0.29, 0.717) is 12.1 Å². The van der Waals surface area contributed by atoms with Crippen molar-refractivity contribution in [3.8, 4) is 0 Å². The number of nitrogens with zero attached hydrogens (tertiary/aromatic N) is 1. The van der Waals surface area contributed by atoms with Crippen molar-refractivity contribution in [2.75, 3.05) is 12.3 Å². The lowest BCUT2D eigenvalue weighted by molar-refractivity contribution is 0.0947. The molecule has 0 aliphatic rings. The summed E-state index contributed by atoms with van der Waals surface area (Å²) in [4.78, 5) is 17.2. The summed E-state index contributed by atoms with van der Waals surface area (Å²) in [6.45, 7) is 4.99. The summed E-state index contributed by atoms with van der Waals surface area (Å²) in [6, 6.07) is 20.6. The molecule has 1 heterocycles. The number of hydrogen-bond acceptors (Lipinski definition) is 3. The van der Waals surface area contributed by atoms with Gasteiger partial charge in [0.25, 0.3) is 5.91 Å². The van der Waals surface area contributed by atoms with E-state index in [4.69, 9.17) is 0 Å². The van der Waals surface area contributed by atoms with Crippen LogP contribution in [0.3, 0.4) is 0 Å². The Morgan fingerprint density at radius 2 is 1.77 bits per heavy atom. The first kappa shape index (κ1) is 23.0. The van der Waals surface area contributed by atoms with Crippen molar-refractivity contribution in [1.82, 2.24) is 10.3 Å². The fraction of sp³-hybridized carbons (Fsp3) is 0.308. The third kappa shape index (κ3) is 6.93. The zero-order valence-corrected chi connectivity index (χ0v) is 18.9. The zero-order chi connectivity index (χ0) is 22.1. The van der Waals surface area contributed by atoms with Crippen LogP contribution >= 0.6 is 11.8 Å². The van der Waals surface area contributed by atoms with Crippen LogP contribution in [0.1, 0.15) is 48.2 Å². The average molecular weight is 437 g/mol. The Hall–Kier alpha value is -2.66. The number of halogens is 1. The van der Waals surface area contributed by atoms with Gasteiger partial charge in [-0.2, -0.15) is 0 Å². The highest BCUT2D eigenvalue weighted by atomic mass is 32.2. The van der Waals surface area contributed by atoms with Crippen LogP contribution in [0.25, 0.3) is 0 Å². The maximum atomic E-state index is 13.0. The summed E-state index contributed by atoms with van der Waals surface area (Å²) in [5, 5.41) is 3.81. The Morgan fingerprint density at radius 1 is 1.03 bits per heavy atom. The van der Waals surface area contributed by atoms with Gasteiger partial charge in [0.1, 0.15) is 10.8 Å². The van der Waals surface area contributed by atoms with E-state index in [1.165, 1.54) is 17.7 Å². The second-order valence-electron chi connectivity index (χ2n) is 8.19. The van der Waals surface area contributed by atoms with Crippen molar-refractivity contribution in [2.24, 2.45) is 0 Å². The Kier molecular flexibility index (Phi) is 8.24. The first-order valence-corrected chi connectivity index (χ1v) is 11.6. The van der Waals surface area contributed by atoms with Crippen LogP contribution < -0.4 is 5.32 Å². The van der Waals surface area contributed by atoms with Crippen molar-refractivity contribution >= 4 is 17.7 Å². The second-order valence-corrected chi connectivity index (χ2v) is 9.27. The number of pyridine rings is 1. The molecule has 0 fully saturated rings. The predicted octanol–water partition coefficient (Wildman–Crippen LogP) is 6.04. The molecule has 0 saturated heterocycles. The minimum atomic E-state index is -0.213. The highest BCUT2D eigenvalue weighted by Gasteiger charge is 2.20. The molecule has 3 rings (SSSR count). The van der Waals surface area contributed by atoms with Crippen LogP contribution in [0.5, 0.6) is 0 Å². The monoisotopic (exact) mass is 436 g/mol. The molecule has 0 radical (unpaired) electrons. The van der Waals surface area contributed by atoms with Gasteiger partial charge in [0.15, 0.2) is 0 Å². The Morgan fingerprint density at radius 3 is 2.52 bits per heavy atom. The van der Waals surface area contributed by atoms with Crippen LogP contribution in [0.2, 0.25) is 0 Å². The average Bonchev–Trinajstić information content (AvgIpc) is 2.78. The summed E-state index contributed by atoms with van der Waals surface area (Å²) >= 11 is 1.59. The van der Waals surface area contributed by atoms with Gasteiger partial charge in [-0.25, -0.2) is 9.37 Å². The van der Waals surface area contributed by atoms with Crippen molar-refractivity contribution in [3.63, 3.8) is 0 Å². The van der Waals surface area contributed by atoms with Crippen LogP contribution in [0.4, 0.5) is 4.39 Å². The number of aryl methyl sites for hydroxylation is 1. The van der Waals surface area contributed by atoms with Crippen molar-refractivity contribution in [3.05, 3.63) is 95.4 Å². The van der Waals surface area contributed by atoms with Gasteiger partial charge in [0.2, 0.25) is 0 Å². The maximum Gasteiger partial charge on any atom is 0.254 e. The van der Waals surface area contributed by atoms with E-state index in [1.807, 2.05) is 36.4 Å². The van der Waals surface area contributed by atoms with Gasteiger partial charge in [0, 0.05) is 12.7 Å². The van der Waals surface area contributed by atoms with Gasteiger partial charge in [-0.3, -0.25) is 4.79 Å². The van der Waals surface area contributed by atoms with E-state index in [0.717, 1.165) is 35.6 Å². The predicted molar refractivity (Wildman–Crippen MR) is 126 cm³/mol. The van der Waals surface area contributed by atoms with E-state index in [9.17, 15) is 9.18 Å². The minimum Gasteiger partial charge on any atom is -0.352 e. The van der Waals surface area contributed by atoms with Gasteiger partial charge < -0.3 is 5.32 Å². The molecule has 31 heavy (non-hydrogen) atoms. The number of benzene rings is 2. The van der Waals surface area contributed by atoms with E-state index < -0.39 is 0 Å². The summed E-state index contributed by atoms with van der Waals surface area (Å²) in [5.74, 6) is 0.544. The molecule has 3 nitrogen and oxygen atoms in total. The largest absolute Gasteiger partial charge is 0.352 e. The molecular weight excluding hydrogens is 407 g/mol. The number of aromatic nitrogens is 1. The molecule has 2 aromatic carbocycles. The van der Waals surface area contributed by atoms with E-state index in [2.05, 4.69) is 36.3 Å². The van der Waals surface area contributed by atoms with E-state index in [-0.39, 0.29) is 17.1 Å². The molecular formula is C26H29FN2OS. The molecule has 0 saturated carbocycles. The molecule has 0 unspecified atom stereocenters. The van der Waals surface area contributed by atoms with E-state index in [1.54, 1.807) is 24.0 Å². The lowest BCUT2D eigenvalue weighted by atomic mass is 9.81. The minimum absolute atomic E-state index is 0.0125. The third-order valence-corrected chi connectivity index (χ3v) is 6.46. The summed E-state index contributed by atoms with van der Waals surface area (Å²) < 4.78 is 13.0. The first-order valence-electron chi connectivity index (χ1n) is 10.6. The molecule has 5 heteroatoms. The molecule has 0 aliphatic heterocycles. The van der Waals surface area contributed by atoms with Crippen molar-refractivity contribution in [2.45, 2.75) is 43.6 Å². The molecule has 0 atom stereocenters. The number of carbonyl (C=O) groups is 1. The standard InChI is InChI=1S/C26H29FN2OS/c1-26(2,21-9-4-3-5-10-21)16-18-28-24(30)23-11-6-17-29-25(23)31-19-7-8-20-12-14-22(27)15-13-20/h3-6,9-15,17H,7-8,16,18-19H2,1-2H3,(H,28,30). The summed E-state index contributed by atoms with van der Waals surface area (Å²) in [5.41, 5.74) is 2.98. The van der Waals surface area contributed by atoms with Gasteiger partial charge in [-0.1, -0.05) is 56.3 Å². The molecule has 1 amide bonds. The molecule has 1 aromatic heterocycles. The van der Waals surface area contributed by atoms with Crippen molar-refractivity contribution in [1.29, 1.82) is 0 Å². The normalized spacial score (nSPS) is 11.3. The second kappa shape index (κ2) is 11.1. The number of carbonyl (C=O) groups excluding carboxylic acids is 1. The van der Waals surface area contributed by atoms with E-state index >= 15 is 0 Å². The molecule has 0 aliphatic carbocycles. The Bertz CT molecular complexity index is 974. The quantitative estimate of drug-likeness (QED) is 0.311. The van der Waals surface area contributed by atoms with Gasteiger partial charge in [-0.15, -0.1) is 11.8 Å². The Balaban J connectivity index is 1.49. The fourth-order valence-electron chi connectivity index (χ4n) is 3.39. The first-order chi connectivity index (χ1) is 15.0. The van der Waals surface area contributed by atoms with Crippen LogP contribution in [0.15, 0.2) is 78.0 Å². The topological polar surface area (TPSA) is 42.0 Å². The maximum absolute atomic E-state index is 13.0. The van der Waals surface area contributed by atoms with Gasteiger partial charge in [0.05, 0.1) is 5.56 Å². The summed E-state index contributed by atoms with van der Waals surface area (Å²) in [6.07, 6.45) is 4.37. The molecule has 0 spiro atoms. The lowest BCUT2D eigenvalue weighted by Crippen LogP contribution is -2.30. The van der Waals surface area contributed by atoms with Gasteiger partial charge >= 0.3 is 0 Å². The van der Waals surface area contributed by atoms with Crippen molar-refractivity contribution < 1.29 is 9.18 Å². The summed E-state index contributed by atoms with van der Waals surface area (Å²) in [7, 11) is 0. The zero-order valence-electron chi connectivity index (χ0n) is 18.1.